The molecule has 8 heteroatoms. The van der Waals surface area contributed by atoms with Crippen LogP contribution in [0, 0.1) is 0 Å². The van der Waals surface area contributed by atoms with E-state index in [4.69, 9.17) is 9.47 Å². The molecular weight excluding hydrogens is 350 g/mol. The van der Waals surface area contributed by atoms with Gasteiger partial charge in [0.1, 0.15) is 28.4 Å². The summed E-state index contributed by atoms with van der Waals surface area (Å²) in [5.41, 5.74) is 0.545. The van der Waals surface area contributed by atoms with Crippen molar-refractivity contribution in [3.63, 3.8) is 0 Å². The number of hydrogen-bond acceptors (Lipinski definition) is 6. The van der Waals surface area contributed by atoms with Gasteiger partial charge in [-0.25, -0.2) is 9.78 Å². The molecule has 1 aliphatic heterocycles. The third-order valence-electron chi connectivity index (χ3n) is 4.53. The zero-order valence-electron chi connectivity index (χ0n) is 15.2. The number of amides is 1. The van der Waals surface area contributed by atoms with Crippen molar-refractivity contribution in [2.75, 3.05) is 45.3 Å². The topological polar surface area (TPSA) is 92.2 Å². The van der Waals surface area contributed by atoms with Gasteiger partial charge in [0, 0.05) is 32.4 Å². The second-order valence-electron chi connectivity index (χ2n) is 6.00. The van der Waals surface area contributed by atoms with Gasteiger partial charge in [-0.15, -0.1) is 0 Å². The first-order valence-corrected chi connectivity index (χ1v) is 8.50. The summed E-state index contributed by atoms with van der Waals surface area (Å²) in [7, 11) is 3.02. The maximum Gasteiger partial charge on any atom is 0.339 e. The Bertz CT molecular complexity index is 825. The Hall–Kier alpha value is -3.29. The maximum absolute atomic E-state index is 13.0. The summed E-state index contributed by atoms with van der Waals surface area (Å²) in [4.78, 5) is 32.2. The van der Waals surface area contributed by atoms with Crippen LogP contribution in [0.3, 0.4) is 0 Å². The first kappa shape index (κ1) is 18.5. The fourth-order valence-electron chi connectivity index (χ4n) is 3.16. The number of ether oxygens (including phenoxy) is 2. The van der Waals surface area contributed by atoms with Crippen molar-refractivity contribution in [1.29, 1.82) is 0 Å². The van der Waals surface area contributed by atoms with Crippen LogP contribution in [0.15, 0.2) is 36.5 Å². The minimum atomic E-state index is -1.02. The minimum Gasteiger partial charge on any atom is -0.496 e. The molecule has 27 heavy (non-hydrogen) atoms. The number of carboxylic acids is 1. The van der Waals surface area contributed by atoms with Crippen LogP contribution in [0.4, 0.5) is 5.82 Å². The molecule has 1 aromatic heterocycles. The zero-order valence-corrected chi connectivity index (χ0v) is 15.2. The summed E-state index contributed by atoms with van der Waals surface area (Å²) in [6.07, 6.45) is 1.57. The van der Waals surface area contributed by atoms with Gasteiger partial charge in [-0.1, -0.05) is 6.07 Å². The van der Waals surface area contributed by atoms with Crippen LogP contribution < -0.4 is 14.4 Å². The number of carbonyl (C=O) groups excluding carboxylic acids is 1. The predicted octanol–water partition coefficient (Wildman–Crippen LogP) is 1.76. The van der Waals surface area contributed by atoms with Gasteiger partial charge < -0.3 is 24.4 Å². The average Bonchev–Trinajstić information content (AvgIpc) is 2.72. The lowest BCUT2D eigenvalue weighted by Crippen LogP contribution is -2.49. The lowest BCUT2D eigenvalue weighted by atomic mass is 10.1. The molecule has 0 unspecified atom stereocenters. The van der Waals surface area contributed by atoms with Gasteiger partial charge in [0.05, 0.1) is 14.2 Å². The van der Waals surface area contributed by atoms with E-state index in [0.717, 1.165) is 0 Å². The van der Waals surface area contributed by atoms with Crippen LogP contribution in [0.25, 0.3) is 0 Å². The molecule has 1 amide bonds. The van der Waals surface area contributed by atoms with Crippen LogP contribution >= 0.6 is 0 Å². The Morgan fingerprint density at radius 1 is 1.00 bits per heavy atom. The number of anilines is 1. The third-order valence-corrected chi connectivity index (χ3v) is 4.53. The minimum absolute atomic E-state index is 0.156. The molecule has 1 aromatic carbocycles. The number of benzene rings is 1. The summed E-state index contributed by atoms with van der Waals surface area (Å²) in [5, 5.41) is 9.34. The predicted molar refractivity (Wildman–Crippen MR) is 98.9 cm³/mol. The van der Waals surface area contributed by atoms with Gasteiger partial charge in [-0.2, -0.15) is 0 Å². The Balaban J connectivity index is 1.77. The van der Waals surface area contributed by atoms with Gasteiger partial charge in [0.2, 0.25) is 0 Å². The summed E-state index contributed by atoms with van der Waals surface area (Å²) in [5.74, 6) is 0.144. The second-order valence-corrected chi connectivity index (χ2v) is 6.00. The highest BCUT2D eigenvalue weighted by molar-refractivity contribution is 6.00. The quantitative estimate of drug-likeness (QED) is 0.856. The van der Waals surface area contributed by atoms with E-state index in [1.165, 1.54) is 20.3 Å². The van der Waals surface area contributed by atoms with E-state index >= 15 is 0 Å². The molecule has 2 heterocycles. The van der Waals surface area contributed by atoms with Crippen molar-refractivity contribution < 1.29 is 24.2 Å². The van der Waals surface area contributed by atoms with E-state index in [1.54, 1.807) is 35.4 Å². The highest BCUT2D eigenvalue weighted by atomic mass is 16.5. The van der Waals surface area contributed by atoms with Crippen LogP contribution in [0.1, 0.15) is 20.7 Å². The molecule has 1 fully saturated rings. The fraction of sp³-hybridized carbons (Fsp3) is 0.316. The van der Waals surface area contributed by atoms with E-state index in [2.05, 4.69) is 4.98 Å². The van der Waals surface area contributed by atoms with E-state index in [-0.39, 0.29) is 11.5 Å². The molecular formula is C19H21N3O5. The number of hydrogen-bond donors (Lipinski definition) is 1. The standard InChI is InChI=1S/C19H21N3O5/c1-26-14-6-3-7-15(27-2)16(14)18(23)22-11-9-21(10-12-22)17-13(19(24)25)5-4-8-20-17/h3-8H,9-12H2,1-2H3,(H,24,25). The molecule has 2 aromatic rings. The molecule has 8 nitrogen and oxygen atoms in total. The van der Waals surface area contributed by atoms with Crippen LogP contribution in [-0.2, 0) is 0 Å². The summed E-state index contributed by atoms with van der Waals surface area (Å²) in [6.45, 7) is 1.85. The van der Waals surface area contributed by atoms with Crippen LogP contribution in [0.5, 0.6) is 11.5 Å². The van der Waals surface area contributed by atoms with Gasteiger partial charge >= 0.3 is 5.97 Å². The first-order valence-electron chi connectivity index (χ1n) is 8.50. The number of nitrogens with zero attached hydrogens (tertiary/aromatic N) is 3. The molecule has 0 saturated carbocycles. The second kappa shape index (κ2) is 7.94. The number of aromatic nitrogens is 1. The molecule has 0 aliphatic carbocycles. The Morgan fingerprint density at radius 2 is 1.63 bits per heavy atom. The number of carboxylic acid groups (broad SMARTS) is 1. The molecule has 0 radical (unpaired) electrons. The smallest absolute Gasteiger partial charge is 0.339 e. The number of pyridine rings is 1. The number of methoxy groups -OCH3 is 2. The normalized spacial score (nSPS) is 14.0. The summed E-state index contributed by atoms with van der Waals surface area (Å²) >= 11 is 0. The molecule has 3 rings (SSSR count). The van der Waals surface area contributed by atoms with E-state index in [1.807, 2.05) is 4.90 Å². The highest BCUT2D eigenvalue weighted by Crippen LogP contribution is 2.30. The van der Waals surface area contributed by atoms with E-state index in [0.29, 0.717) is 49.1 Å². The highest BCUT2D eigenvalue weighted by Gasteiger charge is 2.28. The molecule has 142 valence electrons. The molecule has 0 bridgehead atoms. The largest absolute Gasteiger partial charge is 0.496 e. The summed E-state index contributed by atoms with van der Waals surface area (Å²) in [6, 6.07) is 8.33. The van der Waals surface area contributed by atoms with Gasteiger partial charge in [0.25, 0.3) is 5.91 Å². The molecule has 1 aliphatic rings. The lowest BCUT2D eigenvalue weighted by molar-refractivity contribution is 0.0691. The number of aromatic carboxylic acids is 1. The molecule has 0 spiro atoms. The lowest BCUT2D eigenvalue weighted by Gasteiger charge is -2.36. The Labute approximate surface area is 156 Å². The number of piperazine rings is 1. The van der Waals surface area contributed by atoms with Gasteiger partial charge in [-0.3, -0.25) is 4.79 Å². The monoisotopic (exact) mass is 371 g/mol. The summed E-state index contributed by atoms with van der Waals surface area (Å²) < 4.78 is 10.6. The van der Waals surface area contributed by atoms with E-state index in [9.17, 15) is 14.7 Å². The van der Waals surface area contributed by atoms with E-state index < -0.39 is 5.97 Å². The van der Waals surface area contributed by atoms with Crippen molar-refractivity contribution in [2.24, 2.45) is 0 Å². The molecule has 0 atom stereocenters. The van der Waals surface area contributed by atoms with Crippen molar-refractivity contribution in [3.05, 3.63) is 47.7 Å². The van der Waals surface area contributed by atoms with Crippen LogP contribution in [0.2, 0.25) is 0 Å². The molecule has 1 saturated heterocycles. The SMILES string of the molecule is COc1cccc(OC)c1C(=O)N1CCN(c2ncccc2C(=O)O)CC1. The Kier molecular flexibility index (Phi) is 5.44. The average molecular weight is 371 g/mol. The number of rotatable bonds is 5. The van der Waals surface area contributed by atoms with Crippen LogP contribution in [-0.4, -0.2) is 67.3 Å². The maximum atomic E-state index is 13.0. The van der Waals surface area contributed by atoms with Gasteiger partial charge in [-0.05, 0) is 24.3 Å². The first-order chi connectivity index (χ1) is 13.1. The zero-order chi connectivity index (χ0) is 19.4. The van der Waals surface area contributed by atoms with Crippen molar-refractivity contribution >= 4 is 17.7 Å². The fourth-order valence-corrected chi connectivity index (χ4v) is 3.16. The molecule has 1 N–H and O–H groups in total. The third kappa shape index (κ3) is 3.64. The van der Waals surface area contributed by atoms with Crippen molar-refractivity contribution in [1.82, 2.24) is 9.88 Å². The van der Waals surface area contributed by atoms with Crippen molar-refractivity contribution in [2.45, 2.75) is 0 Å². The van der Waals surface area contributed by atoms with Gasteiger partial charge in [0.15, 0.2) is 0 Å². The van der Waals surface area contributed by atoms with Crippen molar-refractivity contribution in [3.8, 4) is 11.5 Å². The number of carbonyl (C=O) groups is 2. The Morgan fingerprint density at radius 3 is 2.19 bits per heavy atom.